The van der Waals surface area contributed by atoms with Crippen LogP contribution >= 0.6 is 0 Å². The molecule has 2 aromatic heterocycles. The van der Waals surface area contributed by atoms with E-state index in [1.807, 2.05) is 47.4 Å². The second-order valence-electron chi connectivity index (χ2n) is 6.57. The highest BCUT2D eigenvalue weighted by Crippen LogP contribution is 2.25. The summed E-state index contributed by atoms with van der Waals surface area (Å²) >= 11 is 0. The molecule has 0 saturated carbocycles. The van der Waals surface area contributed by atoms with Crippen molar-refractivity contribution in [3.63, 3.8) is 0 Å². The van der Waals surface area contributed by atoms with Crippen molar-refractivity contribution >= 4 is 5.91 Å². The first-order valence-corrected chi connectivity index (χ1v) is 8.83. The molecule has 1 aliphatic rings. The highest BCUT2D eigenvalue weighted by atomic mass is 16.2. The average Bonchev–Trinajstić information content (AvgIpc) is 3.14. The second-order valence-corrected chi connectivity index (χ2v) is 6.57. The zero-order valence-electron chi connectivity index (χ0n) is 14.5. The van der Waals surface area contributed by atoms with Crippen molar-refractivity contribution in [1.82, 2.24) is 19.7 Å². The van der Waals surface area contributed by atoms with Gasteiger partial charge < -0.3 is 10.6 Å². The fraction of sp³-hybridized carbons (Fsp3) is 0.250. The molecule has 1 unspecified atom stereocenters. The van der Waals surface area contributed by atoms with Gasteiger partial charge in [-0.2, -0.15) is 5.10 Å². The van der Waals surface area contributed by atoms with Gasteiger partial charge in [-0.1, -0.05) is 18.2 Å². The van der Waals surface area contributed by atoms with Gasteiger partial charge in [-0.3, -0.25) is 9.78 Å². The first-order chi connectivity index (χ1) is 12.7. The summed E-state index contributed by atoms with van der Waals surface area (Å²) in [6, 6.07) is 13.6. The van der Waals surface area contributed by atoms with E-state index in [1.165, 1.54) is 0 Å². The Labute approximate surface area is 152 Å². The first-order valence-electron chi connectivity index (χ1n) is 8.83. The number of amides is 1. The Hall–Kier alpha value is -2.99. The third-order valence-electron chi connectivity index (χ3n) is 4.65. The molecule has 1 aliphatic heterocycles. The van der Waals surface area contributed by atoms with Gasteiger partial charge in [0.05, 0.1) is 11.3 Å². The SMILES string of the molecule is NC1CCCN(C(=O)c2cn(-c3ccccc3)nc2-c2cccnc2)C1. The van der Waals surface area contributed by atoms with Gasteiger partial charge in [-0.25, -0.2) is 4.68 Å². The van der Waals surface area contributed by atoms with Crippen LogP contribution in [-0.2, 0) is 0 Å². The van der Waals surface area contributed by atoms with Crippen LogP contribution in [0.2, 0.25) is 0 Å². The molecular weight excluding hydrogens is 326 g/mol. The summed E-state index contributed by atoms with van der Waals surface area (Å²) in [6.45, 7) is 1.32. The standard InChI is InChI=1S/C20H21N5O/c21-16-7-5-11-24(13-16)20(26)18-14-25(17-8-2-1-3-9-17)23-19(18)15-6-4-10-22-12-15/h1-4,6,8-10,12,14,16H,5,7,11,13,21H2. The number of likely N-dealkylation sites (tertiary alicyclic amines) is 1. The van der Waals surface area contributed by atoms with Crippen LogP contribution in [0.1, 0.15) is 23.2 Å². The highest BCUT2D eigenvalue weighted by molar-refractivity contribution is 6.00. The van der Waals surface area contributed by atoms with Crippen molar-refractivity contribution in [2.45, 2.75) is 18.9 Å². The van der Waals surface area contributed by atoms with E-state index in [-0.39, 0.29) is 11.9 Å². The van der Waals surface area contributed by atoms with Crippen molar-refractivity contribution in [3.8, 4) is 16.9 Å². The van der Waals surface area contributed by atoms with Crippen LogP contribution in [0.15, 0.2) is 61.1 Å². The van der Waals surface area contributed by atoms with E-state index >= 15 is 0 Å². The number of aromatic nitrogens is 3. The average molecular weight is 347 g/mol. The summed E-state index contributed by atoms with van der Waals surface area (Å²) in [5.41, 5.74) is 9.02. The maximum Gasteiger partial charge on any atom is 0.257 e. The smallest absolute Gasteiger partial charge is 0.257 e. The molecule has 1 atom stereocenters. The van der Waals surface area contributed by atoms with Crippen molar-refractivity contribution in [3.05, 3.63) is 66.6 Å². The molecule has 26 heavy (non-hydrogen) atoms. The molecule has 1 amide bonds. The van der Waals surface area contributed by atoms with E-state index < -0.39 is 0 Å². The van der Waals surface area contributed by atoms with Gasteiger partial charge in [-0.05, 0) is 37.1 Å². The van der Waals surface area contributed by atoms with Crippen molar-refractivity contribution in [2.75, 3.05) is 13.1 Å². The van der Waals surface area contributed by atoms with Crippen LogP contribution in [0.4, 0.5) is 0 Å². The van der Waals surface area contributed by atoms with Crippen LogP contribution in [-0.4, -0.2) is 44.7 Å². The number of piperidine rings is 1. The molecule has 132 valence electrons. The molecular formula is C20H21N5O. The molecule has 1 aromatic carbocycles. The van der Waals surface area contributed by atoms with Crippen LogP contribution < -0.4 is 5.73 Å². The minimum atomic E-state index is -0.0267. The maximum absolute atomic E-state index is 13.2. The van der Waals surface area contributed by atoms with Crippen LogP contribution in [0.3, 0.4) is 0 Å². The van der Waals surface area contributed by atoms with Gasteiger partial charge in [0.15, 0.2) is 0 Å². The Morgan fingerprint density at radius 3 is 2.73 bits per heavy atom. The Kier molecular flexibility index (Phi) is 4.50. The lowest BCUT2D eigenvalue weighted by Crippen LogP contribution is -2.45. The topological polar surface area (TPSA) is 77.0 Å². The number of pyridine rings is 1. The van der Waals surface area contributed by atoms with Gasteiger partial charge in [0.1, 0.15) is 5.69 Å². The summed E-state index contributed by atoms with van der Waals surface area (Å²) in [4.78, 5) is 19.2. The lowest BCUT2D eigenvalue weighted by Gasteiger charge is -2.30. The maximum atomic E-state index is 13.2. The zero-order chi connectivity index (χ0) is 17.9. The molecule has 1 saturated heterocycles. The molecule has 1 fully saturated rings. The van der Waals surface area contributed by atoms with Gasteiger partial charge in [0.25, 0.3) is 5.91 Å². The third kappa shape index (κ3) is 3.23. The summed E-state index contributed by atoms with van der Waals surface area (Å²) < 4.78 is 1.75. The number of hydrogen-bond donors (Lipinski definition) is 1. The molecule has 6 heteroatoms. The number of carbonyl (C=O) groups is 1. The van der Waals surface area contributed by atoms with Crippen LogP contribution in [0, 0.1) is 0 Å². The molecule has 4 rings (SSSR count). The third-order valence-corrected chi connectivity index (χ3v) is 4.65. The number of nitrogens with zero attached hydrogens (tertiary/aromatic N) is 4. The molecule has 0 spiro atoms. The van der Waals surface area contributed by atoms with Crippen molar-refractivity contribution < 1.29 is 4.79 Å². The highest BCUT2D eigenvalue weighted by Gasteiger charge is 2.26. The van der Waals surface area contributed by atoms with Gasteiger partial charge >= 0.3 is 0 Å². The minimum Gasteiger partial charge on any atom is -0.337 e. The van der Waals surface area contributed by atoms with E-state index in [2.05, 4.69) is 10.1 Å². The summed E-state index contributed by atoms with van der Waals surface area (Å²) in [6.07, 6.45) is 7.14. The Bertz CT molecular complexity index is 891. The number of hydrogen-bond acceptors (Lipinski definition) is 4. The van der Waals surface area contributed by atoms with Crippen molar-refractivity contribution in [2.24, 2.45) is 5.73 Å². The summed E-state index contributed by atoms with van der Waals surface area (Å²) in [5, 5.41) is 4.68. The number of rotatable bonds is 3. The normalized spacial score (nSPS) is 17.3. The lowest BCUT2D eigenvalue weighted by atomic mass is 10.0. The summed E-state index contributed by atoms with van der Waals surface area (Å²) in [5.74, 6) is -0.0267. The predicted octanol–water partition coefficient (Wildman–Crippen LogP) is 2.50. The molecule has 0 aliphatic carbocycles. The molecule has 0 radical (unpaired) electrons. The van der Waals surface area contributed by atoms with E-state index in [9.17, 15) is 4.79 Å². The van der Waals surface area contributed by atoms with Crippen LogP contribution in [0.25, 0.3) is 16.9 Å². The number of para-hydroxylation sites is 1. The monoisotopic (exact) mass is 347 g/mol. The van der Waals surface area contributed by atoms with E-state index in [0.717, 1.165) is 30.6 Å². The molecule has 2 N–H and O–H groups in total. The number of carbonyl (C=O) groups excluding carboxylic acids is 1. The van der Waals surface area contributed by atoms with E-state index in [1.54, 1.807) is 23.3 Å². The lowest BCUT2D eigenvalue weighted by molar-refractivity contribution is 0.0709. The number of nitrogens with two attached hydrogens (primary N) is 1. The fourth-order valence-corrected chi connectivity index (χ4v) is 3.32. The Morgan fingerprint density at radius 1 is 1.15 bits per heavy atom. The largest absolute Gasteiger partial charge is 0.337 e. The molecule has 3 heterocycles. The van der Waals surface area contributed by atoms with Crippen LogP contribution in [0.5, 0.6) is 0 Å². The quantitative estimate of drug-likeness (QED) is 0.790. The Morgan fingerprint density at radius 2 is 2.00 bits per heavy atom. The molecule has 6 nitrogen and oxygen atoms in total. The first kappa shape index (κ1) is 16.5. The minimum absolute atomic E-state index is 0.0267. The zero-order valence-corrected chi connectivity index (χ0v) is 14.5. The van der Waals surface area contributed by atoms with Crippen molar-refractivity contribution in [1.29, 1.82) is 0 Å². The molecule has 3 aromatic rings. The Balaban J connectivity index is 1.77. The second kappa shape index (κ2) is 7.09. The van der Waals surface area contributed by atoms with Gasteiger partial charge in [0.2, 0.25) is 0 Å². The molecule has 0 bridgehead atoms. The summed E-state index contributed by atoms with van der Waals surface area (Å²) in [7, 11) is 0. The van der Waals surface area contributed by atoms with Gasteiger partial charge in [0, 0.05) is 43.3 Å². The predicted molar refractivity (Wildman–Crippen MR) is 99.9 cm³/mol. The van der Waals surface area contributed by atoms with E-state index in [4.69, 9.17) is 5.73 Å². The van der Waals surface area contributed by atoms with E-state index in [0.29, 0.717) is 17.8 Å². The fourth-order valence-electron chi connectivity index (χ4n) is 3.32. The van der Waals surface area contributed by atoms with Gasteiger partial charge in [-0.15, -0.1) is 0 Å². The number of benzene rings is 1.